The van der Waals surface area contributed by atoms with Gasteiger partial charge < -0.3 is 48.6 Å². The summed E-state index contributed by atoms with van der Waals surface area (Å²) in [6, 6.07) is 9.23. The Kier molecular flexibility index (Phi) is 33.8. The van der Waals surface area contributed by atoms with Crippen LogP contribution in [-0.2, 0) is 19.1 Å². The molecule has 0 bridgehead atoms. The molecule has 0 spiro atoms. The molecule has 3 unspecified atom stereocenters. The Balaban J connectivity index is 0.000000935. The van der Waals surface area contributed by atoms with E-state index in [4.69, 9.17) is 28.5 Å². The number of aliphatic hydroxyl groups is 1. The van der Waals surface area contributed by atoms with E-state index in [0.717, 1.165) is 65.9 Å². The first-order valence-electron chi connectivity index (χ1n) is 23.9. The van der Waals surface area contributed by atoms with Crippen molar-refractivity contribution in [1.82, 2.24) is 9.88 Å². The van der Waals surface area contributed by atoms with E-state index in [0.29, 0.717) is 80.7 Å². The van der Waals surface area contributed by atoms with Crippen molar-refractivity contribution in [2.24, 2.45) is 5.92 Å². The quantitative estimate of drug-likeness (QED) is 0.0161. The van der Waals surface area contributed by atoms with E-state index < -0.39 is 17.2 Å². The fourth-order valence-corrected chi connectivity index (χ4v) is 8.71. The standard InChI is InChI=1S/C38H51N3O8.C8H10N2O3S2.C4H10.C2H4O.K/c1-8-9-13-24(2)16-27(5)36(43)39-29-20-34(32(46-6)18-26(29)4)48-14-11-10-12-15-49-35-21-30-28(19-33(35)47-7)37(44)40-22-25(3)17-31(40)38(45)41(30)23-42;1-13-4-5-14-15-8-3-2-7(6-9-8)10(11)12;1-3-4-2;1-2-3;/h18-21,23,27,31,38,45H,2-3,8-17,22H2,1,4-7H3,(H,39,43);2-3,6H,4-5H2,1H3;3-4H2,1-2H3;2H,1H3;/q;;;;+1/p-1. The molecule has 0 saturated carbocycles. The number of ether oxygens (including phenoxy) is 5. The summed E-state index contributed by atoms with van der Waals surface area (Å²) < 4.78 is 28.0. The average Bonchev–Trinajstić information content (AvgIpc) is 3.74. The van der Waals surface area contributed by atoms with Crippen molar-refractivity contribution in [3.8, 4) is 23.0 Å². The first kappa shape index (κ1) is 66.0. The number of nitro groups is 1. The number of methoxy groups -OCH3 is 3. The van der Waals surface area contributed by atoms with Crippen molar-refractivity contribution in [3.05, 3.63) is 93.5 Å². The fraction of sp³-hybridized carbons (Fsp3) is 0.519. The molecule has 0 radical (unpaired) electrons. The van der Waals surface area contributed by atoms with Crippen LogP contribution >= 0.6 is 21.6 Å². The van der Waals surface area contributed by atoms with Crippen molar-refractivity contribution in [2.75, 3.05) is 58.3 Å². The number of rotatable bonds is 25. The van der Waals surface area contributed by atoms with Crippen molar-refractivity contribution in [1.29, 1.82) is 0 Å². The van der Waals surface area contributed by atoms with Crippen LogP contribution in [0.5, 0.6) is 23.0 Å². The Hall–Kier alpha value is -3.99. The van der Waals surface area contributed by atoms with E-state index in [9.17, 15) is 29.6 Å². The molecule has 3 atom stereocenters. The first-order valence-corrected chi connectivity index (χ1v) is 26.2. The Morgan fingerprint density at radius 3 is 2.14 bits per heavy atom. The van der Waals surface area contributed by atoms with Crippen LogP contribution in [0.4, 0.5) is 17.1 Å². The molecule has 0 aliphatic carbocycles. The second kappa shape index (κ2) is 36.9. The predicted octanol–water partition coefficient (Wildman–Crippen LogP) is 8.40. The number of carbonyl (C=O) groups is 4. The van der Waals surface area contributed by atoms with E-state index in [-0.39, 0.29) is 86.1 Å². The number of hydrogen-bond donors (Lipinski definition) is 1. The molecule has 1 fully saturated rings. The zero-order valence-electron chi connectivity index (χ0n) is 43.9. The molecule has 3 amide bonds. The van der Waals surface area contributed by atoms with Crippen molar-refractivity contribution < 1.29 is 104 Å². The van der Waals surface area contributed by atoms with Gasteiger partial charge in [-0.15, -0.1) is 5.69 Å². The Labute approximate surface area is 476 Å². The van der Waals surface area contributed by atoms with Crippen LogP contribution in [0.3, 0.4) is 0 Å². The predicted molar refractivity (Wildman–Crippen MR) is 283 cm³/mol. The molecule has 5 rings (SSSR count). The normalized spacial score (nSPS) is 14.6. The summed E-state index contributed by atoms with van der Waals surface area (Å²) in [7, 11) is 7.80. The maximum Gasteiger partial charge on any atom is 1.00 e. The molecule has 2 aromatic carbocycles. The minimum absolute atomic E-state index is 0. The molecule has 1 N–H and O–H groups in total. The van der Waals surface area contributed by atoms with Gasteiger partial charge in [0.15, 0.2) is 29.2 Å². The van der Waals surface area contributed by atoms with Gasteiger partial charge in [0.25, 0.3) is 11.6 Å². The number of aldehydes is 1. The molecule has 20 heteroatoms. The van der Waals surface area contributed by atoms with Crippen molar-refractivity contribution >= 4 is 63.2 Å². The first-order chi connectivity index (χ1) is 34.1. The number of pyridine rings is 1. The maximum absolute atomic E-state index is 13.4. The number of hydrogen-bond acceptors (Lipinski definition) is 15. The number of allylic oxidation sites excluding steroid dienone is 1. The van der Waals surface area contributed by atoms with E-state index in [1.807, 2.05) is 19.9 Å². The molecule has 17 nitrogen and oxygen atoms in total. The van der Waals surface area contributed by atoms with Gasteiger partial charge in [-0.2, -0.15) is 0 Å². The Morgan fingerprint density at radius 1 is 0.972 bits per heavy atom. The SMILES string of the molecule is C=C(CCCC)CC(C)C(=O)[N-]c1cc(OCCCCCOc2cc3c(cc2OC)C(=O)N2CC(=C)CC2C(O)N3C=O)c(OC)cc1C.CC=O.CCCC.COCCSSc1ccc([N+](=O)[O-])cn1.[K+]. The van der Waals surface area contributed by atoms with Crippen LogP contribution in [0.1, 0.15) is 115 Å². The molecule has 2 aliphatic heterocycles. The van der Waals surface area contributed by atoms with E-state index in [1.54, 1.807) is 54.2 Å². The monoisotopic (exact) mass is 1060 g/mol. The molecule has 72 heavy (non-hydrogen) atoms. The van der Waals surface area contributed by atoms with Crippen LogP contribution in [0, 0.1) is 23.0 Å². The molecule has 3 aromatic rings. The van der Waals surface area contributed by atoms with Gasteiger partial charge >= 0.3 is 51.4 Å². The largest absolute Gasteiger partial charge is 1.00 e. The molecule has 392 valence electrons. The second-order valence-corrected chi connectivity index (χ2v) is 19.0. The third kappa shape index (κ3) is 21.8. The zero-order chi connectivity index (χ0) is 52.9. The summed E-state index contributed by atoms with van der Waals surface area (Å²) in [6.45, 7) is 21.6. The van der Waals surface area contributed by atoms with E-state index in [1.165, 1.54) is 54.8 Å². The van der Waals surface area contributed by atoms with Crippen LogP contribution in [0.15, 0.2) is 71.9 Å². The number of aliphatic hydroxyl groups excluding tert-OH is 1. The van der Waals surface area contributed by atoms with Crippen LogP contribution < -0.4 is 75.2 Å². The molecular weight excluding hydrogens is 990 g/mol. The summed E-state index contributed by atoms with van der Waals surface area (Å²) in [4.78, 5) is 63.8. The smallest absolute Gasteiger partial charge is 0.626 e. The number of carbonyl (C=O) groups excluding carboxylic acids is 4. The molecular formula is C52H74KN5O12S2. The van der Waals surface area contributed by atoms with Crippen molar-refractivity contribution in [3.63, 3.8) is 0 Å². The third-order valence-electron chi connectivity index (χ3n) is 10.9. The Bertz CT molecular complexity index is 2180. The third-order valence-corrected chi connectivity index (χ3v) is 13.2. The van der Waals surface area contributed by atoms with Gasteiger partial charge in [0.05, 0.1) is 62.2 Å². The average molecular weight is 1060 g/mol. The number of nitrogens with zero attached hydrogens (tertiary/aromatic N) is 5. The number of benzene rings is 2. The zero-order valence-corrected chi connectivity index (χ0v) is 48.7. The fourth-order valence-electron chi connectivity index (χ4n) is 6.94. The summed E-state index contributed by atoms with van der Waals surface area (Å²) in [5.41, 5.74) is 3.80. The number of aryl methyl sites for hydroxylation is 1. The minimum Gasteiger partial charge on any atom is -0.626 e. The van der Waals surface area contributed by atoms with Gasteiger partial charge in [-0.05, 0) is 93.9 Å². The van der Waals surface area contributed by atoms with Crippen molar-refractivity contribution in [2.45, 2.75) is 123 Å². The number of amides is 3. The summed E-state index contributed by atoms with van der Waals surface area (Å²) >= 11 is 0. The minimum atomic E-state index is -1.22. The van der Waals surface area contributed by atoms with Gasteiger partial charge in [0.2, 0.25) is 6.41 Å². The van der Waals surface area contributed by atoms with Gasteiger partial charge in [0.1, 0.15) is 17.5 Å². The number of fused-ring (bicyclic) bond motifs is 2. The van der Waals surface area contributed by atoms with E-state index in [2.05, 4.69) is 44.2 Å². The molecule has 1 saturated heterocycles. The van der Waals surface area contributed by atoms with Gasteiger partial charge in [0, 0.05) is 37.5 Å². The summed E-state index contributed by atoms with van der Waals surface area (Å²) in [6.07, 6.45) is 10.3. The van der Waals surface area contributed by atoms with Gasteiger partial charge in [-0.1, -0.05) is 87.6 Å². The van der Waals surface area contributed by atoms with E-state index >= 15 is 0 Å². The number of anilines is 1. The topological polar surface area (TPSA) is 211 Å². The van der Waals surface area contributed by atoms with Gasteiger partial charge in [-0.25, -0.2) is 4.98 Å². The Morgan fingerprint density at radius 2 is 1.60 bits per heavy atom. The molecule has 3 heterocycles. The molecule has 1 aromatic heterocycles. The second-order valence-electron chi connectivity index (χ2n) is 16.6. The van der Waals surface area contributed by atoms with Crippen LogP contribution in [0.2, 0.25) is 0 Å². The maximum atomic E-state index is 13.4. The summed E-state index contributed by atoms with van der Waals surface area (Å²) in [5.74, 6) is 1.94. The number of aromatic nitrogens is 1. The number of unbranched alkanes of at least 4 members (excludes halogenated alkanes) is 4. The van der Waals surface area contributed by atoms with Crippen LogP contribution in [-0.4, -0.2) is 110 Å². The molecule has 2 aliphatic rings. The van der Waals surface area contributed by atoms with Crippen LogP contribution in [0.25, 0.3) is 5.32 Å². The van der Waals surface area contributed by atoms with Gasteiger partial charge in [-0.3, -0.25) is 24.6 Å². The summed E-state index contributed by atoms with van der Waals surface area (Å²) in [5, 5.41) is 26.5.